The highest BCUT2D eigenvalue weighted by atomic mass is 19.4. The Balaban J connectivity index is 1.51. The van der Waals surface area contributed by atoms with Gasteiger partial charge in [-0.15, -0.1) is 0 Å². The van der Waals surface area contributed by atoms with E-state index >= 15 is 0 Å². The number of rotatable bonds is 6. The molecule has 164 valence electrons. The van der Waals surface area contributed by atoms with Crippen molar-refractivity contribution in [3.05, 3.63) is 65.9 Å². The molecule has 2 aromatic heterocycles. The van der Waals surface area contributed by atoms with Crippen molar-refractivity contribution in [2.75, 3.05) is 11.9 Å². The van der Waals surface area contributed by atoms with Crippen LogP contribution in [-0.4, -0.2) is 38.0 Å². The van der Waals surface area contributed by atoms with Gasteiger partial charge in [-0.3, -0.25) is 4.79 Å². The lowest BCUT2D eigenvalue weighted by atomic mass is 9.96. The number of fused-ring (bicyclic) bond motifs is 1. The molecule has 7 nitrogen and oxygen atoms in total. The molecule has 0 spiro atoms. The number of benzene rings is 1. The number of anilines is 1. The fraction of sp³-hybridized carbons (Fsp3) is 0.381. The first-order valence-corrected chi connectivity index (χ1v) is 10.0. The van der Waals surface area contributed by atoms with Gasteiger partial charge in [-0.2, -0.15) is 18.3 Å². The SMILES string of the molecule is Cc1ccc(C2CC(C(F)(F)F)n3ncc(C(=O)NCCCn4ccnc4)c3N2)cc1. The second kappa shape index (κ2) is 8.44. The van der Waals surface area contributed by atoms with E-state index < -0.39 is 24.2 Å². The molecular formula is C21H23F3N6O. The van der Waals surface area contributed by atoms with E-state index in [2.05, 4.69) is 20.7 Å². The summed E-state index contributed by atoms with van der Waals surface area (Å²) in [6.45, 7) is 2.98. The van der Waals surface area contributed by atoms with E-state index in [0.29, 0.717) is 19.5 Å². The number of alkyl halides is 3. The monoisotopic (exact) mass is 432 g/mol. The van der Waals surface area contributed by atoms with Gasteiger partial charge in [0.05, 0.1) is 18.6 Å². The minimum atomic E-state index is -4.48. The number of nitrogens with zero attached hydrogens (tertiary/aromatic N) is 4. The Bertz CT molecular complexity index is 1030. The first-order valence-electron chi connectivity index (χ1n) is 10.0. The van der Waals surface area contributed by atoms with Gasteiger partial charge in [-0.05, 0) is 18.9 Å². The van der Waals surface area contributed by atoms with Crippen LogP contribution in [0.1, 0.15) is 46.4 Å². The van der Waals surface area contributed by atoms with Crippen molar-refractivity contribution in [1.29, 1.82) is 0 Å². The van der Waals surface area contributed by atoms with Crippen molar-refractivity contribution in [2.45, 2.75) is 44.6 Å². The van der Waals surface area contributed by atoms with Crippen molar-refractivity contribution < 1.29 is 18.0 Å². The zero-order valence-corrected chi connectivity index (χ0v) is 16.9. The molecule has 0 radical (unpaired) electrons. The quantitative estimate of drug-likeness (QED) is 0.580. The third kappa shape index (κ3) is 4.57. The molecule has 0 bridgehead atoms. The van der Waals surface area contributed by atoms with Crippen molar-refractivity contribution in [3.63, 3.8) is 0 Å². The number of hydrogen-bond donors (Lipinski definition) is 2. The molecule has 10 heteroatoms. The third-order valence-corrected chi connectivity index (χ3v) is 5.40. The fourth-order valence-electron chi connectivity index (χ4n) is 3.72. The van der Waals surface area contributed by atoms with Crippen LogP contribution >= 0.6 is 0 Å². The van der Waals surface area contributed by atoms with Crippen molar-refractivity contribution in [3.8, 4) is 0 Å². The van der Waals surface area contributed by atoms with Crippen LogP contribution in [0.25, 0.3) is 0 Å². The number of carbonyl (C=O) groups excluding carboxylic acids is 1. The van der Waals surface area contributed by atoms with Gasteiger partial charge in [-0.25, -0.2) is 9.67 Å². The molecule has 0 fully saturated rings. The molecule has 31 heavy (non-hydrogen) atoms. The Hall–Kier alpha value is -3.30. The molecule has 2 atom stereocenters. The van der Waals surface area contributed by atoms with Gasteiger partial charge in [0.15, 0.2) is 6.04 Å². The fourth-order valence-corrected chi connectivity index (χ4v) is 3.72. The average molecular weight is 432 g/mol. The molecule has 2 unspecified atom stereocenters. The van der Waals surface area contributed by atoms with Crippen LogP contribution in [0.2, 0.25) is 0 Å². The van der Waals surface area contributed by atoms with Gasteiger partial charge in [0.25, 0.3) is 5.91 Å². The minimum absolute atomic E-state index is 0.0891. The lowest BCUT2D eigenvalue weighted by molar-refractivity contribution is -0.173. The summed E-state index contributed by atoms with van der Waals surface area (Å²) in [7, 11) is 0. The first-order chi connectivity index (χ1) is 14.8. The molecule has 2 N–H and O–H groups in total. The van der Waals surface area contributed by atoms with E-state index in [0.717, 1.165) is 15.8 Å². The highest BCUT2D eigenvalue weighted by molar-refractivity contribution is 5.98. The van der Waals surface area contributed by atoms with E-state index in [-0.39, 0.29) is 17.8 Å². The smallest absolute Gasteiger partial charge is 0.363 e. The molecular weight excluding hydrogens is 409 g/mol. The number of halogens is 3. The number of aryl methyl sites for hydroxylation is 2. The third-order valence-electron chi connectivity index (χ3n) is 5.40. The summed E-state index contributed by atoms with van der Waals surface area (Å²) in [5, 5.41) is 9.77. The predicted molar refractivity (Wildman–Crippen MR) is 109 cm³/mol. The van der Waals surface area contributed by atoms with Gasteiger partial charge in [-0.1, -0.05) is 29.8 Å². The highest BCUT2D eigenvalue weighted by Gasteiger charge is 2.47. The standard InChI is InChI=1S/C21H23F3N6O/c1-14-3-5-15(6-4-14)17-11-18(21(22,23)24)30-19(28-17)16(12-27-30)20(31)26-7-2-9-29-10-8-25-13-29/h3-6,8,10,12-13,17-18,28H,2,7,9,11H2,1H3,(H,26,31). The molecule has 1 amide bonds. The van der Waals surface area contributed by atoms with Crippen LogP contribution in [0, 0.1) is 6.92 Å². The van der Waals surface area contributed by atoms with Crippen molar-refractivity contribution in [1.82, 2.24) is 24.6 Å². The lowest BCUT2D eigenvalue weighted by Gasteiger charge is -2.34. The first kappa shape index (κ1) is 21.0. The second-order valence-electron chi connectivity index (χ2n) is 7.66. The Morgan fingerprint density at radius 1 is 1.29 bits per heavy atom. The molecule has 4 rings (SSSR count). The number of nitrogens with one attached hydrogen (secondary N) is 2. The maximum Gasteiger partial charge on any atom is 0.410 e. The maximum atomic E-state index is 13.8. The topological polar surface area (TPSA) is 76.8 Å². The molecule has 1 aliphatic heterocycles. The van der Waals surface area contributed by atoms with Crippen molar-refractivity contribution >= 4 is 11.7 Å². The van der Waals surface area contributed by atoms with Gasteiger partial charge < -0.3 is 15.2 Å². The molecule has 3 aromatic rings. The zero-order chi connectivity index (χ0) is 22.0. The van der Waals surface area contributed by atoms with Crippen molar-refractivity contribution in [2.24, 2.45) is 0 Å². The molecule has 1 aromatic carbocycles. The van der Waals surface area contributed by atoms with Crippen LogP contribution in [0.5, 0.6) is 0 Å². The lowest BCUT2D eigenvalue weighted by Crippen LogP contribution is -2.36. The summed E-state index contributed by atoms with van der Waals surface area (Å²) in [6, 6.07) is 4.95. The molecule has 0 saturated heterocycles. The zero-order valence-electron chi connectivity index (χ0n) is 16.9. The van der Waals surface area contributed by atoms with Gasteiger partial charge in [0, 0.05) is 31.9 Å². The summed E-state index contributed by atoms with van der Waals surface area (Å²) >= 11 is 0. The molecule has 0 saturated carbocycles. The average Bonchev–Trinajstić information content (AvgIpc) is 3.40. The minimum Gasteiger partial charge on any atom is -0.363 e. The van der Waals surface area contributed by atoms with Crippen LogP contribution in [-0.2, 0) is 6.54 Å². The second-order valence-corrected chi connectivity index (χ2v) is 7.66. The predicted octanol–water partition coefficient (Wildman–Crippen LogP) is 3.87. The molecule has 3 heterocycles. The Labute approximate surface area is 177 Å². The van der Waals surface area contributed by atoms with Crippen LogP contribution in [0.3, 0.4) is 0 Å². The number of hydrogen-bond acceptors (Lipinski definition) is 4. The Morgan fingerprint density at radius 2 is 2.06 bits per heavy atom. The summed E-state index contributed by atoms with van der Waals surface area (Å²) in [5.41, 5.74) is 1.86. The normalized spacial score (nSPS) is 18.3. The summed E-state index contributed by atoms with van der Waals surface area (Å²) in [4.78, 5) is 16.6. The summed E-state index contributed by atoms with van der Waals surface area (Å²) in [6.07, 6.45) is 2.35. The number of imidazole rings is 1. The van der Waals surface area contributed by atoms with Crippen LogP contribution in [0.15, 0.2) is 49.2 Å². The molecule has 0 aliphatic carbocycles. The van der Waals surface area contributed by atoms with E-state index in [4.69, 9.17) is 0 Å². The van der Waals surface area contributed by atoms with Gasteiger partial charge >= 0.3 is 6.18 Å². The van der Waals surface area contributed by atoms with E-state index in [9.17, 15) is 18.0 Å². The summed E-state index contributed by atoms with van der Waals surface area (Å²) < 4.78 is 44.1. The summed E-state index contributed by atoms with van der Waals surface area (Å²) in [5.74, 6) is -0.365. The van der Waals surface area contributed by atoms with E-state index in [1.807, 2.05) is 42.0 Å². The highest BCUT2D eigenvalue weighted by Crippen LogP contribution is 2.44. The number of carbonyl (C=O) groups is 1. The van der Waals surface area contributed by atoms with Crippen LogP contribution < -0.4 is 10.6 Å². The van der Waals surface area contributed by atoms with Crippen LogP contribution in [0.4, 0.5) is 19.0 Å². The maximum absolute atomic E-state index is 13.8. The van der Waals surface area contributed by atoms with E-state index in [1.54, 1.807) is 12.5 Å². The Morgan fingerprint density at radius 3 is 2.74 bits per heavy atom. The van der Waals surface area contributed by atoms with Gasteiger partial charge in [0.1, 0.15) is 11.4 Å². The number of amides is 1. The largest absolute Gasteiger partial charge is 0.410 e. The van der Waals surface area contributed by atoms with Gasteiger partial charge in [0.2, 0.25) is 0 Å². The Kier molecular flexibility index (Phi) is 5.71. The number of aromatic nitrogens is 4. The van der Waals surface area contributed by atoms with E-state index in [1.165, 1.54) is 6.20 Å². The molecule has 1 aliphatic rings.